The number of rotatable bonds is 5. The summed E-state index contributed by atoms with van der Waals surface area (Å²) in [6.07, 6.45) is 5.01. The maximum Gasteiger partial charge on any atom is 0.225 e. The zero-order valence-corrected chi connectivity index (χ0v) is 13.2. The predicted molar refractivity (Wildman–Crippen MR) is 92.1 cm³/mol. The van der Waals surface area contributed by atoms with Gasteiger partial charge in [0.05, 0.1) is 5.52 Å². The van der Waals surface area contributed by atoms with Gasteiger partial charge in [-0.2, -0.15) is 4.98 Å². The quantitative estimate of drug-likeness (QED) is 0.791. The summed E-state index contributed by atoms with van der Waals surface area (Å²) in [5.74, 6) is 3.02. The largest absolute Gasteiger partial charge is 0.372 e. The molecule has 1 aliphatic rings. The lowest BCUT2D eigenvalue weighted by atomic mass is 9.82. The Hall–Kier alpha value is -1.88. The highest BCUT2D eigenvalue weighted by molar-refractivity contribution is 5.89. The first kappa shape index (κ1) is 15.0. The fourth-order valence-corrected chi connectivity index (χ4v) is 3.25. The average Bonchev–Trinajstić information content (AvgIpc) is 2.59. The van der Waals surface area contributed by atoms with Crippen molar-refractivity contribution in [2.24, 2.45) is 17.6 Å². The Balaban J connectivity index is 1.67. The number of nitrogens with one attached hydrogen (secondary N) is 2. The molecule has 0 unspecified atom stereocenters. The molecule has 0 bridgehead atoms. The highest BCUT2D eigenvalue weighted by Crippen LogP contribution is 2.28. The van der Waals surface area contributed by atoms with Crippen LogP contribution >= 0.6 is 0 Å². The third kappa shape index (κ3) is 3.30. The van der Waals surface area contributed by atoms with Gasteiger partial charge >= 0.3 is 0 Å². The molecule has 5 nitrogen and oxygen atoms in total. The van der Waals surface area contributed by atoms with Crippen molar-refractivity contribution in [2.45, 2.75) is 25.7 Å². The molecule has 1 aromatic carbocycles. The molecule has 0 saturated heterocycles. The van der Waals surface area contributed by atoms with Crippen molar-refractivity contribution >= 4 is 22.7 Å². The van der Waals surface area contributed by atoms with Gasteiger partial charge in [0.25, 0.3) is 0 Å². The van der Waals surface area contributed by atoms with Crippen LogP contribution in [0.2, 0.25) is 0 Å². The molecule has 0 aliphatic heterocycles. The van der Waals surface area contributed by atoms with Crippen LogP contribution in [0.1, 0.15) is 25.7 Å². The third-order valence-corrected chi connectivity index (χ3v) is 4.69. The Morgan fingerprint density at radius 2 is 1.82 bits per heavy atom. The van der Waals surface area contributed by atoms with Crippen molar-refractivity contribution in [1.82, 2.24) is 9.97 Å². The van der Waals surface area contributed by atoms with Gasteiger partial charge in [-0.3, -0.25) is 0 Å². The van der Waals surface area contributed by atoms with Crippen molar-refractivity contribution in [3.63, 3.8) is 0 Å². The molecule has 118 valence electrons. The Morgan fingerprint density at radius 1 is 1.09 bits per heavy atom. The first-order chi connectivity index (χ1) is 10.8. The molecular weight excluding hydrogens is 274 g/mol. The summed E-state index contributed by atoms with van der Waals surface area (Å²) in [6.45, 7) is 1.78. The lowest BCUT2D eigenvalue weighted by Gasteiger charge is -2.27. The van der Waals surface area contributed by atoms with Crippen LogP contribution in [0.25, 0.3) is 10.9 Å². The summed E-state index contributed by atoms with van der Waals surface area (Å²) in [7, 11) is 1.90. The van der Waals surface area contributed by atoms with Crippen LogP contribution in [0.15, 0.2) is 24.3 Å². The predicted octanol–water partition coefficient (Wildman–Crippen LogP) is 2.85. The molecule has 1 aromatic heterocycles. The number of fused-ring (bicyclic) bond motifs is 1. The summed E-state index contributed by atoms with van der Waals surface area (Å²) in [5.41, 5.74) is 6.72. The maximum absolute atomic E-state index is 5.76. The van der Waals surface area contributed by atoms with E-state index in [0.717, 1.165) is 35.7 Å². The van der Waals surface area contributed by atoms with Gasteiger partial charge in [0.15, 0.2) is 0 Å². The minimum atomic E-state index is 0.705. The van der Waals surface area contributed by atoms with Crippen LogP contribution in [-0.2, 0) is 0 Å². The monoisotopic (exact) mass is 299 g/mol. The molecule has 1 aliphatic carbocycles. The molecular formula is C17H25N5. The molecule has 0 atom stereocenters. The molecule has 0 spiro atoms. The maximum atomic E-state index is 5.76. The lowest BCUT2D eigenvalue weighted by molar-refractivity contribution is 0.289. The van der Waals surface area contributed by atoms with E-state index in [0.29, 0.717) is 11.9 Å². The summed E-state index contributed by atoms with van der Waals surface area (Å²) in [6, 6.07) is 8.08. The molecule has 2 aromatic rings. The van der Waals surface area contributed by atoms with Gasteiger partial charge in [0, 0.05) is 19.0 Å². The Kier molecular flexibility index (Phi) is 4.73. The van der Waals surface area contributed by atoms with Crippen molar-refractivity contribution < 1.29 is 0 Å². The number of para-hydroxylation sites is 1. The molecule has 4 N–H and O–H groups in total. The van der Waals surface area contributed by atoms with Gasteiger partial charge in [-0.05, 0) is 56.2 Å². The van der Waals surface area contributed by atoms with Crippen LogP contribution < -0.4 is 16.4 Å². The minimum Gasteiger partial charge on any atom is -0.372 e. The molecule has 1 saturated carbocycles. The molecule has 22 heavy (non-hydrogen) atoms. The van der Waals surface area contributed by atoms with Crippen LogP contribution in [0, 0.1) is 11.8 Å². The lowest BCUT2D eigenvalue weighted by Crippen LogP contribution is -2.25. The number of anilines is 2. The van der Waals surface area contributed by atoms with Crippen LogP contribution in [0.5, 0.6) is 0 Å². The number of hydrogen-bond acceptors (Lipinski definition) is 5. The standard InChI is InChI=1S/C17H25N5/c1-19-16-14-4-2-3-5-15(14)21-17(22-16)20-11-13-8-6-12(10-18)7-9-13/h2-5,12-13H,6-11,18H2,1H3,(H2,19,20,21,22). The van der Waals surface area contributed by atoms with E-state index >= 15 is 0 Å². The zero-order valence-electron chi connectivity index (χ0n) is 13.2. The molecule has 1 heterocycles. The first-order valence-electron chi connectivity index (χ1n) is 8.18. The Labute approximate surface area is 131 Å². The van der Waals surface area contributed by atoms with Crippen LogP contribution in [-0.4, -0.2) is 30.1 Å². The molecule has 3 rings (SSSR count). The minimum absolute atomic E-state index is 0.705. The number of aromatic nitrogens is 2. The summed E-state index contributed by atoms with van der Waals surface area (Å²) >= 11 is 0. The topological polar surface area (TPSA) is 75.9 Å². The molecule has 1 fully saturated rings. The highest BCUT2D eigenvalue weighted by atomic mass is 15.1. The van der Waals surface area contributed by atoms with E-state index in [2.05, 4.69) is 20.6 Å². The van der Waals surface area contributed by atoms with E-state index in [1.54, 1.807) is 0 Å². The average molecular weight is 299 g/mol. The van der Waals surface area contributed by atoms with E-state index in [1.807, 2.05) is 31.3 Å². The van der Waals surface area contributed by atoms with E-state index in [-0.39, 0.29) is 0 Å². The number of nitrogens with zero attached hydrogens (tertiary/aromatic N) is 2. The number of nitrogens with two attached hydrogens (primary N) is 1. The SMILES string of the molecule is CNc1nc(NCC2CCC(CN)CC2)nc2ccccc12. The second kappa shape index (κ2) is 6.92. The van der Waals surface area contributed by atoms with Gasteiger partial charge in [0.2, 0.25) is 5.95 Å². The first-order valence-corrected chi connectivity index (χ1v) is 8.18. The van der Waals surface area contributed by atoms with E-state index < -0.39 is 0 Å². The van der Waals surface area contributed by atoms with Gasteiger partial charge in [-0.15, -0.1) is 0 Å². The van der Waals surface area contributed by atoms with Crippen molar-refractivity contribution in [1.29, 1.82) is 0 Å². The highest BCUT2D eigenvalue weighted by Gasteiger charge is 2.20. The third-order valence-electron chi connectivity index (χ3n) is 4.69. The Bertz CT molecular complexity index is 619. The van der Waals surface area contributed by atoms with Gasteiger partial charge in [-0.1, -0.05) is 12.1 Å². The van der Waals surface area contributed by atoms with Gasteiger partial charge < -0.3 is 16.4 Å². The fraction of sp³-hybridized carbons (Fsp3) is 0.529. The Morgan fingerprint density at radius 3 is 2.55 bits per heavy atom. The second-order valence-corrected chi connectivity index (χ2v) is 6.17. The summed E-state index contributed by atoms with van der Waals surface area (Å²) in [4.78, 5) is 9.20. The van der Waals surface area contributed by atoms with E-state index in [4.69, 9.17) is 5.73 Å². The number of benzene rings is 1. The van der Waals surface area contributed by atoms with Crippen LogP contribution in [0.4, 0.5) is 11.8 Å². The van der Waals surface area contributed by atoms with Crippen LogP contribution in [0.3, 0.4) is 0 Å². The molecule has 0 amide bonds. The normalized spacial score (nSPS) is 21.7. The number of hydrogen-bond donors (Lipinski definition) is 3. The zero-order chi connectivity index (χ0) is 15.4. The fourth-order valence-electron chi connectivity index (χ4n) is 3.25. The van der Waals surface area contributed by atoms with Gasteiger partial charge in [-0.25, -0.2) is 4.98 Å². The smallest absolute Gasteiger partial charge is 0.225 e. The van der Waals surface area contributed by atoms with E-state index in [9.17, 15) is 0 Å². The van der Waals surface area contributed by atoms with E-state index in [1.165, 1.54) is 25.7 Å². The van der Waals surface area contributed by atoms with Gasteiger partial charge in [0.1, 0.15) is 5.82 Å². The van der Waals surface area contributed by atoms with Crippen molar-refractivity contribution in [2.75, 3.05) is 30.8 Å². The van der Waals surface area contributed by atoms with Crippen molar-refractivity contribution in [3.8, 4) is 0 Å². The summed E-state index contributed by atoms with van der Waals surface area (Å²) in [5, 5.41) is 7.63. The van der Waals surface area contributed by atoms with Crippen molar-refractivity contribution in [3.05, 3.63) is 24.3 Å². The molecule has 5 heteroatoms. The second-order valence-electron chi connectivity index (χ2n) is 6.17. The summed E-state index contributed by atoms with van der Waals surface area (Å²) < 4.78 is 0. The molecule has 0 radical (unpaired) electrons.